The molecule has 0 atom stereocenters. The number of rotatable bonds is 7. The number of aryl methyl sites for hydroxylation is 1. The number of pyridine rings is 1. The van der Waals surface area contributed by atoms with Crippen molar-refractivity contribution in [1.29, 1.82) is 0 Å². The molecule has 2 heterocycles. The summed E-state index contributed by atoms with van der Waals surface area (Å²) in [6, 6.07) is 11.8. The Morgan fingerprint density at radius 3 is 2.78 bits per heavy atom. The van der Waals surface area contributed by atoms with Crippen LogP contribution in [0.4, 0.5) is 10.8 Å². The van der Waals surface area contributed by atoms with E-state index >= 15 is 0 Å². The molecular formula is C16H16N4OS2. The highest BCUT2D eigenvalue weighted by Gasteiger charge is 2.08. The molecule has 7 heteroatoms. The molecule has 0 spiro atoms. The first-order chi connectivity index (χ1) is 11.3. The van der Waals surface area contributed by atoms with Crippen molar-refractivity contribution in [1.82, 2.24) is 15.2 Å². The molecule has 118 valence electrons. The molecule has 3 rings (SSSR count). The van der Waals surface area contributed by atoms with E-state index in [-0.39, 0.29) is 0 Å². The average Bonchev–Trinajstić information content (AvgIpc) is 3.04. The fourth-order valence-corrected chi connectivity index (χ4v) is 3.81. The van der Waals surface area contributed by atoms with Gasteiger partial charge in [0.1, 0.15) is 5.75 Å². The lowest BCUT2D eigenvalue weighted by Crippen LogP contribution is -1.93. The molecular weight excluding hydrogens is 328 g/mol. The number of aromatic nitrogens is 3. The molecule has 1 aromatic carbocycles. The van der Waals surface area contributed by atoms with Gasteiger partial charge in [-0.3, -0.25) is 4.98 Å². The van der Waals surface area contributed by atoms with Crippen LogP contribution >= 0.6 is 23.1 Å². The molecule has 5 nitrogen and oxygen atoms in total. The third-order valence-electron chi connectivity index (χ3n) is 3.12. The number of nitrogens with one attached hydrogen (secondary N) is 1. The highest BCUT2D eigenvalue weighted by Crippen LogP contribution is 2.31. The molecule has 3 aromatic rings. The number of hydrogen-bond acceptors (Lipinski definition) is 7. The summed E-state index contributed by atoms with van der Waals surface area (Å²) < 4.78 is 6.28. The van der Waals surface area contributed by atoms with Crippen LogP contribution in [0.25, 0.3) is 0 Å². The van der Waals surface area contributed by atoms with Gasteiger partial charge in [0.2, 0.25) is 5.13 Å². The van der Waals surface area contributed by atoms with E-state index in [1.807, 2.05) is 48.8 Å². The first kappa shape index (κ1) is 15.8. The summed E-state index contributed by atoms with van der Waals surface area (Å²) in [5, 5.41) is 12.4. The van der Waals surface area contributed by atoms with E-state index in [2.05, 4.69) is 20.5 Å². The summed E-state index contributed by atoms with van der Waals surface area (Å²) in [5.74, 6) is 1.75. The normalized spacial score (nSPS) is 10.5. The van der Waals surface area contributed by atoms with Crippen molar-refractivity contribution < 1.29 is 4.74 Å². The molecule has 0 unspecified atom stereocenters. The predicted octanol–water partition coefficient (Wildman–Crippen LogP) is 4.02. The van der Waals surface area contributed by atoms with Crippen LogP contribution in [0, 0.1) is 0 Å². The SMILES string of the molecule is COc1ccccc1Nc1nnc(SCCc2ccncc2)s1. The Hall–Kier alpha value is -2.12. The maximum Gasteiger partial charge on any atom is 0.210 e. The van der Waals surface area contributed by atoms with Crippen LogP contribution in [0.1, 0.15) is 5.56 Å². The number of benzene rings is 1. The number of para-hydroxylation sites is 2. The van der Waals surface area contributed by atoms with E-state index in [0.29, 0.717) is 0 Å². The number of anilines is 2. The topological polar surface area (TPSA) is 59.9 Å². The van der Waals surface area contributed by atoms with Crippen molar-refractivity contribution in [3.05, 3.63) is 54.4 Å². The van der Waals surface area contributed by atoms with E-state index in [4.69, 9.17) is 4.74 Å². The zero-order chi connectivity index (χ0) is 15.9. The monoisotopic (exact) mass is 344 g/mol. The molecule has 0 aliphatic rings. The summed E-state index contributed by atoms with van der Waals surface area (Å²) in [4.78, 5) is 4.02. The van der Waals surface area contributed by atoms with Crippen molar-refractivity contribution in [3.63, 3.8) is 0 Å². The minimum atomic E-state index is 0.765. The van der Waals surface area contributed by atoms with Gasteiger partial charge in [0.15, 0.2) is 4.34 Å². The minimum Gasteiger partial charge on any atom is -0.495 e. The van der Waals surface area contributed by atoms with Crippen LogP contribution in [0.15, 0.2) is 53.1 Å². The van der Waals surface area contributed by atoms with E-state index in [1.54, 1.807) is 30.2 Å². The molecule has 1 N–H and O–H groups in total. The van der Waals surface area contributed by atoms with E-state index < -0.39 is 0 Å². The lowest BCUT2D eigenvalue weighted by molar-refractivity contribution is 0.417. The zero-order valence-corrected chi connectivity index (χ0v) is 14.2. The van der Waals surface area contributed by atoms with Gasteiger partial charge in [0, 0.05) is 18.1 Å². The van der Waals surface area contributed by atoms with Crippen molar-refractivity contribution in [2.45, 2.75) is 10.8 Å². The van der Waals surface area contributed by atoms with Crippen molar-refractivity contribution in [3.8, 4) is 5.75 Å². The lowest BCUT2D eigenvalue weighted by Gasteiger charge is -2.07. The fourth-order valence-electron chi connectivity index (χ4n) is 1.99. The number of thioether (sulfide) groups is 1. The van der Waals surface area contributed by atoms with E-state index in [0.717, 1.165) is 33.1 Å². The summed E-state index contributed by atoms with van der Waals surface area (Å²) in [6.45, 7) is 0. The van der Waals surface area contributed by atoms with Crippen LogP contribution in [-0.4, -0.2) is 28.0 Å². The maximum absolute atomic E-state index is 5.32. The number of hydrogen-bond donors (Lipinski definition) is 1. The standard InChI is InChI=1S/C16H16N4OS2/c1-21-14-5-3-2-4-13(14)18-15-19-20-16(23-15)22-11-8-12-6-9-17-10-7-12/h2-7,9-10H,8,11H2,1H3,(H,18,19). The Bertz CT molecular complexity index is 749. The van der Waals surface area contributed by atoms with Gasteiger partial charge in [0.25, 0.3) is 0 Å². The van der Waals surface area contributed by atoms with Crippen molar-refractivity contribution in [2.75, 3.05) is 18.2 Å². The fraction of sp³-hybridized carbons (Fsp3) is 0.188. The second kappa shape index (κ2) is 7.94. The Balaban J connectivity index is 1.56. The van der Waals surface area contributed by atoms with Crippen LogP contribution in [0.3, 0.4) is 0 Å². The summed E-state index contributed by atoms with van der Waals surface area (Å²) in [5.41, 5.74) is 2.17. The van der Waals surface area contributed by atoms with Crippen molar-refractivity contribution >= 4 is 33.9 Å². The quantitative estimate of drug-likeness (QED) is 0.653. The third kappa shape index (κ3) is 4.43. The zero-order valence-electron chi connectivity index (χ0n) is 12.6. The van der Waals surface area contributed by atoms with Crippen LogP contribution < -0.4 is 10.1 Å². The number of ether oxygens (including phenoxy) is 1. The smallest absolute Gasteiger partial charge is 0.210 e. The maximum atomic E-state index is 5.32. The largest absolute Gasteiger partial charge is 0.495 e. The highest BCUT2D eigenvalue weighted by molar-refractivity contribution is 8.01. The number of methoxy groups -OCH3 is 1. The van der Waals surface area contributed by atoms with Gasteiger partial charge < -0.3 is 10.1 Å². The van der Waals surface area contributed by atoms with E-state index in [9.17, 15) is 0 Å². The molecule has 0 aliphatic heterocycles. The highest BCUT2D eigenvalue weighted by atomic mass is 32.2. The van der Waals surface area contributed by atoms with Gasteiger partial charge in [-0.05, 0) is 36.2 Å². The minimum absolute atomic E-state index is 0.765. The van der Waals surface area contributed by atoms with Crippen LogP contribution in [-0.2, 0) is 6.42 Å². The molecule has 0 amide bonds. The van der Waals surface area contributed by atoms with Gasteiger partial charge in [-0.15, -0.1) is 10.2 Å². The van der Waals surface area contributed by atoms with Crippen LogP contribution in [0.5, 0.6) is 5.75 Å². The molecule has 0 bridgehead atoms. The molecule has 23 heavy (non-hydrogen) atoms. The first-order valence-electron chi connectivity index (χ1n) is 7.10. The Labute approximate surface area is 143 Å². The Kier molecular flexibility index (Phi) is 5.44. The molecule has 0 saturated heterocycles. The first-order valence-corrected chi connectivity index (χ1v) is 8.90. The predicted molar refractivity (Wildman–Crippen MR) is 94.9 cm³/mol. The van der Waals surface area contributed by atoms with Gasteiger partial charge in [-0.1, -0.05) is 35.2 Å². The molecule has 2 aromatic heterocycles. The second-order valence-electron chi connectivity index (χ2n) is 4.65. The van der Waals surface area contributed by atoms with Gasteiger partial charge in [-0.2, -0.15) is 0 Å². The van der Waals surface area contributed by atoms with Gasteiger partial charge in [-0.25, -0.2) is 0 Å². The van der Waals surface area contributed by atoms with Gasteiger partial charge >= 0.3 is 0 Å². The molecule has 0 fully saturated rings. The average molecular weight is 344 g/mol. The lowest BCUT2D eigenvalue weighted by atomic mass is 10.2. The molecule has 0 aliphatic carbocycles. The van der Waals surface area contributed by atoms with Gasteiger partial charge in [0.05, 0.1) is 12.8 Å². The van der Waals surface area contributed by atoms with Crippen molar-refractivity contribution in [2.24, 2.45) is 0 Å². The Morgan fingerprint density at radius 2 is 1.96 bits per heavy atom. The third-order valence-corrected chi connectivity index (χ3v) is 5.09. The van der Waals surface area contributed by atoms with E-state index in [1.165, 1.54) is 5.56 Å². The number of nitrogens with zero attached hydrogens (tertiary/aromatic N) is 3. The Morgan fingerprint density at radius 1 is 1.13 bits per heavy atom. The molecule has 0 saturated carbocycles. The summed E-state index contributed by atoms with van der Waals surface area (Å²) in [6.07, 6.45) is 4.63. The van der Waals surface area contributed by atoms with Crippen LogP contribution in [0.2, 0.25) is 0 Å². The molecule has 0 radical (unpaired) electrons. The summed E-state index contributed by atoms with van der Waals surface area (Å²) in [7, 11) is 1.65. The second-order valence-corrected chi connectivity index (χ2v) is 6.97. The summed E-state index contributed by atoms with van der Waals surface area (Å²) >= 11 is 3.25.